The molecule has 0 amide bonds. The molecule has 0 aliphatic carbocycles. The van der Waals surface area contributed by atoms with Crippen LogP contribution in [0.2, 0.25) is 0 Å². The first-order chi connectivity index (χ1) is 9.89. The molecule has 108 valence electrons. The van der Waals surface area contributed by atoms with Crippen LogP contribution in [-0.4, -0.2) is 11.3 Å². The Morgan fingerprint density at radius 3 is 2.57 bits per heavy atom. The van der Waals surface area contributed by atoms with Crippen LogP contribution in [0.15, 0.2) is 41.0 Å². The van der Waals surface area contributed by atoms with E-state index in [1.165, 1.54) is 24.4 Å². The number of ether oxygens (including phenoxy) is 2. The summed E-state index contributed by atoms with van der Waals surface area (Å²) in [6.07, 6.45) is -3.34. The number of hydrogen-bond acceptors (Lipinski definition) is 4. The van der Waals surface area contributed by atoms with Crippen LogP contribution in [-0.2, 0) is 0 Å². The molecule has 0 bridgehead atoms. The number of aromatic nitrogens is 1. The van der Waals surface area contributed by atoms with Crippen molar-refractivity contribution < 1.29 is 22.6 Å². The Labute approximate surface area is 125 Å². The Balaban J connectivity index is 2.23. The molecule has 2 rings (SSSR count). The van der Waals surface area contributed by atoms with Crippen LogP contribution < -0.4 is 9.47 Å². The molecule has 21 heavy (non-hydrogen) atoms. The third-order valence-corrected chi connectivity index (χ3v) is 2.85. The molecule has 8 heteroatoms. The molecule has 1 aromatic heterocycles. The van der Waals surface area contributed by atoms with E-state index >= 15 is 0 Å². The molecular weight excluding hydrogens is 353 g/mol. The number of nitrogens with zero attached hydrogens (tertiary/aromatic N) is 2. The highest BCUT2D eigenvalue weighted by Crippen LogP contribution is 2.34. The second-order valence-corrected chi connectivity index (χ2v) is 4.56. The van der Waals surface area contributed by atoms with Crippen molar-refractivity contribution in [1.29, 1.82) is 5.26 Å². The number of nitriles is 1. The van der Waals surface area contributed by atoms with Crippen LogP contribution >= 0.6 is 15.9 Å². The van der Waals surface area contributed by atoms with E-state index in [0.29, 0.717) is 0 Å². The Kier molecular flexibility index (Phi) is 4.33. The number of alkyl halides is 3. The van der Waals surface area contributed by atoms with Crippen molar-refractivity contribution in [3.63, 3.8) is 0 Å². The van der Waals surface area contributed by atoms with Gasteiger partial charge in [0, 0.05) is 6.20 Å². The lowest BCUT2D eigenvalue weighted by Gasteiger charge is -2.12. The zero-order valence-corrected chi connectivity index (χ0v) is 11.8. The van der Waals surface area contributed by atoms with Gasteiger partial charge in [-0.15, -0.1) is 13.2 Å². The number of hydrogen-bond donors (Lipinski definition) is 0. The van der Waals surface area contributed by atoms with Crippen molar-refractivity contribution in [2.75, 3.05) is 0 Å². The molecule has 2 aromatic rings. The van der Waals surface area contributed by atoms with Crippen molar-refractivity contribution in [1.82, 2.24) is 4.98 Å². The fourth-order valence-electron chi connectivity index (χ4n) is 1.44. The second kappa shape index (κ2) is 6.01. The average Bonchev–Trinajstić information content (AvgIpc) is 2.41. The maximum Gasteiger partial charge on any atom is 0.573 e. The fraction of sp³-hybridized carbons (Fsp3) is 0.0769. The smallest absolute Gasteiger partial charge is 0.454 e. The summed E-state index contributed by atoms with van der Waals surface area (Å²) in [6, 6.07) is 8.65. The van der Waals surface area contributed by atoms with E-state index in [2.05, 4.69) is 25.7 Å². The quantitative estimate of drug-likeness (QED) is 0.815. The van der Waals surface area contributed by atoms with E-state index in [1.807, 2.05) is 6.07 Å². The summed E-state index contributed by atoms with van der Waals surface area (Å²) in [4.78, 5) is 3.81. The molecule has 0 fully saturated rings. The number of pyridine rings is 1. The van der Waals surface area contributed by atoms with Gasteiger partial charge in [0.25, 0.3) is 0 Å². The highest BCUT2D eigenvalue weighted by molar-refractivity contribution is 9.10. The molecular formula is C13H6BrF3N2O2. The summed E-state index contributed by atoms with van der Waals surface area (Å²) in [5, 5.41) is 8.88. The van der Waals surface area contributed by atoms with Crippen LogP contribution in [0.4, 0.5) is 13.2 Å². The van der Waals surface area contributed by atoms with Gasteiger partial charge < -0.3 is 9.47 Å². The van der Waals surface area contributed by atoms with E-state index in [9.17, 15) is 13.2 Å². The van der Waals surface area contributed by atoms with Gasteiger partial charge in [0.15, 0.2) is 11.4 Å². The molecule has 0 radical (unpaired) electrons. The van der Waals surface area contributed by atoms with Gasteiger partial charge >= 0.3 is 6.36 Å². The highest BCUT2D eigenvalue weighted by atomic mass is 79.9. The zero-order chi connectivity index (χ0) is 15.5. The van der Waals surface area contributed by atoms with Gasteiger partial charge in [-0.2, -0.15) is 5.26 Å². The van der Waals surface area contributed by atoms with Crippen LogP contribution in [0.25, 0.3) is 0 Å². The minimum absolute atomic E-state index is 0.0692. The van der Waals surface area contributed by atoms with E-state index in [4.69, 9.17) is 10.00 Å². The lowest BCUT2D eigenvalue weighted by molar-refractivity contribution is -0.274. The van der Waals surface area contributed by atoms with Crippen molar-refractivity contribution in [2.24, 2.45) is 0 Å². The van der Waals surface area contributed by atoms with Crippen LogP contribution in [0.5, 0.6) is 17.2 Å². The molecule has 0 saturated heterocycles. The average molecular weight is 359 g/mol. The summed E-state index contributed by atoms with van der Waals surface area (Å²) < 4.78 is 45.7. The molecule has 4 nitrogen and oxygen atoms in total. The van der Waals surface area contributed by atoms with Gasteiger partial charge in [0.2, 0.25) is 0 Å². The van der Waals surface area contributed by atoms with Crippen molar-refractivity contribution in [3.8, 4) is 23.3 Å². The topological polar surface area (TPSA) is 55.1 Å². The maximum absolute atomic E-state index is 12.1. The van der Waals surface area contributed by atoms with Crippen LogP contribution in [0, 0.1) is 11.3 Å². The van der Waals surface area contributed by atoms with E-state index < -0.39 is 6.36 Å². The van der Waals surface area contributed by atoms with Gasteiger partial charge in [-0.3, -0.25) is 0 Å². The number of rotatable bonds is 3. The Hall–Kier alpha value is -2.27. The van der Waals surface area contributed by atoms with Gasteiger partial charge in [0.1, 0.15) is 17.6 Å². The third-order valence-electron chi connectivity index (χ3n) is 2.23. The first-order valence-corrected chi connectivity index (χ1v) is 6.26. The molecule has 0 aliphatic rings. The second-order valence-electron chi connectivity index (χ2n) is 3.70. The Bertz CT molecular complexity index is 699. The van der Waals surface area contributed by atoms with Gasteiger partial charge in [-0.25, -0.2) is 4.98 Å². The number of halogens is 4. The summed E-state index contributed by atoms with van der Waals surface area (Å²) in [5.74, 6) is 0.0545. The summed E-state index contributed by atoms with van der Waals surface area (Å²) in [6.45, 7) is 0. The normalized spacial score (nSPS) is 10.8. The van der Waals surface area contributed by atoms with E-state index in [-0.39, 0.29) is 27.4 Å². The molecule has 0 unspecified atom stereocenters. The van der Waals surface area contributed by atoms with E-state index in [1.54, 1.807) is 6.07 Å². The van der Waals surface area contributed by atoms with Gasteiger partial charge in [0.05, 0.1) is 4.47 Å². The maximum atomic E-state index is 12.1. The SMILES string of the molecule is N#Cc1ncccc1Oc1ccc(OC(F)(F)F)c(Br)c1. The highest BCUT2D eigenvalue weighted by Gasteiger charge is 2.32. The third kappa shape index (κ3) is 4.10. The van der Waals surface area contributed by atoms with Crippen molar-refractivity contribution in [2.45, 2.75) is 6.36 Å². The van der Waals surface area contributed by atoms with Gasteiger partial charge in [-0.1, -0.05) is 0 Å². The fourth-order valence-corrected chi connectivity index (χ4v) is 1.88. The Morgan fingerprint density at radius 2 is 1.95 bits per heavy atom. The van der Waals surface area contributed by atoms with Crippen LogP contribution in [0.3, 0.4) is 0 Å². The largest absolute Gasteiger partial charge is 0.573 e. The molecule has 0 atom stereocenters. The van der Waals surface area contributed by atoms with Gasteiger partial charge in [-0.05, 0) is 46.3 Å². The first kappa shape index (κ1) is 15.1. The van der Waals surface area contributed by atoms with E-state index in [0.717, 1.165) is 6.07 Å². The minimum atomic E-state index is -4.78. The molecule has 1 aromatic carbocycles. The first-order valence-electron chi connectivity index (χ1n) is 5.47. The molecule has 1 heterocycles. The molecule has 0 spiro atoms. The lowest BCUT2D eigenvalue weighted by atomic mass is 10.3. The monoisotopic (exact) mass is 358 g/mol. The summed E-state index contributed by atoms with van der Waals surface area (Å²) in [7, 11) is 0. The summed E-state index contributed by atoms with van der Waals surface area (Å²) in [5.41, 5.74) is 0.0734. The predicted molar refractivity (Wildman–Crippen MR) is 69.9 cm³/mol. The van der Waals surface area contributed by atoms with Crippen molar-refractivity contribution in [3.05, 3.63) is 46.7 Å². The standard InChI is InChI=1S/C13H6BrF3N2O2/c14-9-6-8(3-4-11(9)21-13(15,16)17)20-12-2-1-5-19-10(12)7-18/h1-6H. The number of benzene rings is 1. The minimum Gasteiger partial charge on any atom is -0.454 e. The Morgan fingerprint density at radius 1 is 1.19 bits per heavy atom. The predicted octanol–water partition coefficient (Wildman–Crippen LogP) is 4.41. The molecule has 0 saturated carbocycles. The lowest BCUT2D eigenvalue weighted by Crippen LogP contribution is -2.17. The zero-order valence-electron chi connectivity index (χ0n) is 10.2. The van der Waals surface area contributed by atoms with Crippen molar-refractivity contribution >= 4 is 15.9 Å². The summed E-state index contributed by atoms with van der Waals surface area (Å²) >= 11 is 2.96. The molecule has 0 aliphatic heterocycles. The van der Waals surface area contributed by atoms with Crippen LogP contribution in [0.1, 0.15) is 5.69 Å². The molecule has 0 N–H and O–H groups in total.